The quantitative estimate of drug-likeness (QED) is 0.159. The number of carboxylic acids is 1. The summed E-state index contributed by atoms with van der Waals surface area (Å²) >= 11 is 0. The van der Waals surface area contributed by atoms with Crippen molar-refractivity contribution in [2.45, 2.75) is 77.9 Å². The molecule has 6 N–H and O–H groups in total. The number of fused-ring (bicyclic) bond motifs is 6. The van der Waals surface area contributed by atoms with Crippen LogP contribution in [0.25, 0.3) is 0 Å². The Balaban J connectivity index is 0.000000186. The Morgan fingerprint density at radius 3 is 1.67 bits per heavy atom. The lowest BCUT2D eigenvalue weighted by atomic mass is 9.94. The number of carbonyl (C=O) groups excluding carboxylic acids is 7. The molecule has 0 saturated carbocycles. The molecule has 4 aliphatic heterocycles. The predicted octanol–water partition coefficient (Wildman–Crippen LogP) is 4.10. The zero-order valence-electron chi connectivity index (χ0n) is 35.3. The van der Waals surface area contributed by atoms with Gasteiger partial charge in [0, 0.05) is 81.5 Å². The third-order valence-electron chi connectivity index (χ3n) is 11.9. The summed E-state index contributed by atoms with van der Waals surface area (Å²) in [7, 11) is 3.01. The minimum atomic E-state index is -1.46. The van der Waals surface area contributed by atoms with Crippen LogP contribution in [0, 0.1) is 0 Å². The molecule has 21 nitrogen and oxygen atoms in total. The number of aryl methyl sites for hydroxylation is 2. The van der Waals surface area contributed by atoms with Gasteiger partial charge in [-0.25, -0.2) is 29.0 Å². The number of anilines is 2. The van der Waals surface area contributed by atoms with Crippen molar-refractivity contribution < 1.29 is 52.9 Å². The summed E-state index contributed by atoms with van der Waals surface area (Å²) in [5.74, 6) is -2.83. The van der Waals surface area contributed by atoms with Crippen molar-refractivity contribution in [1.82, 2.24) is 40.6 Å². The Kier molecular flexibility index (Phi) is 14.2. The van der Waals surface area contributed by atoms with E-state index in [4.69, 9.17) is 14.6 Å². The minimum Gasteiger partial charge on any atom is -0.480 e. The number of imide groups is 2. The van der Waals surface area contributed by atoms with Crippen molar-refractivity contribution in [2.24, 2.45) is 0 Å². The number of benzene rings is 2. The highest BCUT2D eigenvalue weighted by atomic mass is 16.6. The lowest BCUT2D eigenvalue weighted by molar-refractivity contribution is -0.144. The third kappa shape index (κ3) is 9.30. The highest BCUT2D eigenvalue weighted by Gasteiger charge is 2.59. The molecule has 2 fully saturated rings. The number of carbonyl (C=O) groups is 8. The second-order valence-corrected chi connectivity index (χ2v) is 15.8. The van der Waals surface area contributed by atoms with Crippen LogP contribution in [0.4, 0.5) is 30.6 Å². The van der Waals surface area contributed by atoms with Gasteiger partial charge >= 0.3 is 30.2 Å². The lowest BCUT2D eigenvalue weighted by Gasteiger charge is -2.21. The molecule has 2 spiro atoms. The number of hydrogen-bond donors (Lipinski definition) is 6. The number of hydrogen-bond acceptors (Lipinski definition) is 13. The summed E-state index contributed by atoms with van der Waals surface area (Å²) in [6.45, 7) is 1.57. The molecular formula is C46H52N10O11. The fourth-order valence-electron chi connectivity index (χ4n) is 8.70. The standard InChI is InChI=1S/C22H21N5O5.C15H15N3O6.C7H8N2.2CH4/c1-23-20(30)25-15-4-5-16-13(9-15)6-7-22(16)19(29)27(21(31)32-22)12-18(28)26-10-14-3-2-8-24-17(14)11-26;1-16-13(22)17-9-2-3-10-8(6-9)4-5-15(10)12(21)18(7-11(19)20)14(23)24-15;1-2-6-4-8-5-7(6)9-3-1;;/h2-5,8-9H,6-7,10-12H2,1H3,(H2,23,25,30);2-3,6H,4-5,7H2,1H3,(H,19,20)(H2,16,17,22);1-3,8H,4-5H2;2*1H4/t22-;15-;;;/m11.../s1. The van der Waals surface area contributed by atoms with Crippen LogP contribution < -0.4 is 26.6 Å². The van der Waals surface area contributed by atoms with E-state index in [0.717, 1.165) is 40.4 Å². The van der Waals surface area contributed by atoms with Gasteiger partial charge in [-0.15, -0.1) is 0 Å². The van der Waals surface area contributed by atoms with E-state index in [2.05, 4.69) is 42.6 Å². The summed E-state index contributed by atoms with van der Waals surface area (Å²) in [5.41, 5.74) is 5.25. The van der Waals surface area contributed by atoms with Crippen LogP contribution in [-0.2, 0) is 78.9 Å². The lowest BCUT2D eigenvalue weighted by Crippen LogP contribution is -2.43. The monoisotopic (exact) mass is 920 g/mol. The van der Waals surface area contributed by atoms with Gasteiger partial charge in [0.05, 0.1) is 17.9 Å². The largest absolute Gasteiger partial charge is 0.480 e. The van der Waals surface area contributed by atoms with E-state index in [-0.39, 0.29) is 45.8 Å². The summed E-state index contributed by atoms with van der Waals surface area (Å²) < 4.78 is 10.9. The van der Waals surface area contributed by atoms with Crippen molar-refractivity contribution >= 4 is 59.3 Å². The summed E-state index contributed by atoms with van der Waals surface area (Å²) in [6.07, 6.45) is 3.25. The minimum absolute atomic E-state index is 0. The Hall–Kier alpha value is -7.94. The molecule has 21 heteroatoms. The van der Waals surface area contributed by atoms with Crippen LogP contribution in [0.5, 0.6) is 0 Å². The van der Waals surface area contributed by atoms with Crippen molar-refractivity contribution in [1.29, 1.82) is 0 Å². The molecule has 2 aromatic carbocycles. The fraction of sp³-hybridized carbons (Fsp3) is 0.348. The molecule has 2 aromatic heterocycles. The molecular weight excluding hydrogens is 869 g/mol. The number of ether oxygens (including phenoxy) is 2. The van der Waals surface area contributed by atoms with Crippen LogP contribution in [0.1, 0.15) is 72.5 Å². The first-order valence-electron chi connectivity index (χ1n) is 20.6. The first-order chi connectivity index (χ1) is 31.2. The highest BCUT2D eigenvalue weighted by molar-refractivity contribution is 6.07. The Morgan fingerprint density at radius 2 is 1.18 bits per heavy atom. The smallest absolute Gasteiger partial charge is 0.418 e. The van der Waals surface area contributed by atoms with Crippen molar-refractivity contribution in [2.75, 3.05) is 37.8 Å². The highest BCUT2D eigenvalue weighted by Crippen LogP contribution is 2.47. The van der Waals surface area contributed by atoms with Gasteiger partial charge in [-0.3, -0.25) is 29.1 Å². The second kappa shape index (κ2) is 19.7. The number of carboxylic acid groups (broad SMARTS) is 1. The van der Waals surface area contributed by atoms with Gasteiger partial charge in [0.15, 0.2) is 0 Å². The Labute approximate surface area is 385 Å². The average molecular weight is 921 g/mol. The number of aliphatic carboxylic acids is 1. The van der Waals surface area contributed by atoms with Gasteiger partial charge in [0.2, 0.25) is 17.1 Å². The van der Waals surface area contributed by atoms with Crippen LogP contribution >= 0.6 is 0 Å². The van der Waals surface area contributed by atoms with Crippen molar-refractivity contribution in [3.63, 3.8) is 0 Å². The van der Waals surface area contributed by atoms with E-state index in [1.807, 2.05) is 24.4 Å². The molecule has 9 amide bonds. The second-order valence-electron chi connectivity index (χ2n) is 15.8. The third-order valence-corrected chi connectivity index (χ3v) is 11.9. The van der Waals surface area contributed by atoms with Crippen molar-refractivity contribution in [3.05, 3.63) is 118 Å². The maximum Gasteiger partial charge on any atom is 0.418 e. The van der Waals surface area contributed by atoms with Gasteiger partial charge in [-0.1, -0.05) is 39.1 Å². The molecule has 352 valence electrons. The average Bonchev–Trinajstić information content (AvgIpc) is 4.16. The number of rotatable bonds is 6. The molecule has 67 heavy (non-hydrogen) atoms. The summed E-state index contributed by atoms with van der Waals surface area (Å²) in [4.78, 5) is 109. The van der Waals surface area contributed by atoms with Crippen LogP contribution in [0.2, 0.25) is 0 Å². The number of nitrogens with zero attached hydrogens (tertiary/aromatic N) is 5. The SMILES string of the molecule is C.C.CNC(=O)Nc1ccc2c(c1)CC[C@@]21OC(=O)N(CC(=O)N2Cc3cccnc3C2)C1=O.CNC(=O)Nc1ccc2c(c1)CC[C@@]21OC(=O)N(CC(=O)O)C1=O.c1cnc2c(c1)CNC2. The molecule has 2 saturated heterocycles. The zero-order chi connectivity index (χ0) is 46.0. The van der Waals surface area contributed by atoms with Gasteiger partial charge in [0.25, 0.3) is 11.8 Å². The molecule has 6 aliphatic rings. The first kappa shape index (κ1) is 48.5. The normalized spacial score (nSPS) is 19.8. The van der Waals surface area contributed by atoms with E-state index < -0.39 is 47.7 Å². The molecule has 0 unspecified atom stereocenters. The van der Waals surface area contributed by atoms with E-state index in [1.54, 1.807) is 47.5 Å². The zero-order valence-corrected chi connectivity index (χ0v) is 35.3. The van der Waals surface area contributed by atoms with Crippen LogP contribution in [-0.4, -0.2) is 105 Å². The number of nitrogens with one attached hydrogen (secondary N) is 5. The Morgan fingerprint density at radius 1 is 0.672 bits per heavy atom. The Bertz CT molecular complexity index is 2610. The number of aromatic nitrogens is 2. The first-order valence-corrected chi connectivity index (χ1v) is 20.6. The van der Waals surface area contributed by atoms with Crippen molar-refractivity contribution in [3.8, 4) is 0 Å². The molecule has 10 rings (SSSR count). The maximum atomic E-state index is 13.3. The number of amides is 9. The fourth-order valence-corrected chi connectivity index (χ4v) is 8.70. The van der Waals surface area contributed by atoms with E-state index >= 15 is 0 Å². The molecule has 4 aromatic rings. The van der Waals surface area contributed by atoms with Gasteiger partial charge < -0.3 is 46.1 Å². The predicted molar refractivity (Wildman–Crippen MR) is 240 cm³/mol. The molecule has 2 atom stereocenters. The van der Waals surface area contributed by atoms with Gasteiger partial charge in [-0.05, 0) is 71.5 Å². The molecule has 6 heterocycles. The maximum absolute atomic E-state index is 13.3. The van der Waals surface area contributed by atoms with E-state index in [1.165, 1.54) is 25.4 Å². The molecule has 2 aliphatic carbocycles. The number of urea groups is 2. The van der Waals surface area contributed by atoms with Crippen LogP contribution in [0.15, 0.2) is 73.1 Å². The summed E-state index contributed by atoms with van der Waals surface area (Å²) in [6, 6.07) is 17.1. The molecule has 0 radical (unpaired) electrons. The summed E-state index contributed by atoms with van der Waals surface area (Å²) in [5, 5.41) is 22.3. The van der Waals surface area contributed by atoms with E-state index in [9.17, 15) is 38.4 Å². The topological polar surface area (TPSA) is 271 Å². The van der Waals surface area contributed by atoms with Crippen LogP contribution in [0.3, 0.4) is 0 Å². The van der Waals surface area contributed by atoms with E-state index in [0.29, 0.717) is 59.8 Å². The van der Waals surface area contributed by atoms with Gasteiger partial charge in [-0.2, -0.15) is 0 Å². The molecule has 0 bridgehead atoms. The number of pyridine rings is 2. The van der Waals surface area contributed by atoms with Gasteiger partial charge in [0.1, 0.15) is 13.1 Å².